The van der Waals surface area contributed by atoms with Gasteiger partial charge in [0, 0.05) is 28.2 Å². The number of benzene rings is 2. The smallest absolute Gasteiger partial charge is 0.242 e. The normalized spacial score (nSPS) is 11.8. The summed E-state index contributed by atoms with van der Waals surface area (Å²) in [4.78, 5) is 27.7. The van der Waals surface area contributed by atoms with Gasteiger partial charge in [0.15, 0.2) is 0 Å². The van der Waals surface area contributed by atoms with Crippen LogP contribution in [0.25, 0.3) is 0 Å². The number of hydrogen-bond acceptors (Lipinski definition) is 2. The molecule has 4 nitrogen and oxygen atoms in total. The molecule has 0 saturated carbocycles. The van der Waals surface area contributed by atoms with Crippen LogP contribution in [0.1, 0.15) is 44.2 Å². The first-order valence-corrected chi connectivity index (χ1v) is 11.2. The highest BCUT2D eigenvalue weighted by Gasteiger charge is 2.29. The Kier molecular flexibility index (Phi) is 9.96. The second kappa shape index (κ2) is 12.2. The van der Waals surface area contributed by atoms with Gasteiger partial charge in [-0.3, -0.25) is 9.59 Å². The van der Waals surface area contributed by atoms with E-state index in [9.17, 15) is 9.59 Å². The van der Waals surface area contributed by atoms with Gasteiger partial charge in [0.05, 0.1) is 6.42 Å². The van der Waals surface area contributed by atoms with Gasteiger partial charge in [0.2, 0.25) is 11.8 Å². The number of nitrogens with one attached hydrogen (secondary N) is 1. The Balaban J connectivity index is 2.29. The summed E-state index contributed by atoms with van der Waals surface area (Å²) >= 11 is 18.4. The van der Waals surface area contributed by atoms with Crippen molar-refractivity contribution in [1.82, 2.24) is 10.2 Å². The molecule has 0 aromatic heterocycles. The zero-order chi connectivity index (χ0) is 22.1. The minimum atomic E-state index is -0.597. The van der Waals surface area contributed by atoms with E-state index in [2.05, 4.69) is 12.2 Å². The monoisotopic (exact) mass is 468 g/mol. The third-order valence-corrected chi connectivity index (χ3v) is 5.64. The lowest BCUT2D eigenvalue weighted by Gasteiger charge is -2.31. The van der Waals surface area contributed by atoms with Crippen LogP contribution in [-0.4, -0.2) is 29.3 Å². The molecule has 0 heterocycles. The Labute approximate surface area is 193 Å². The van der Waals surface area contributed by atoms with E-state index in [1.807, 2.05) is 13.0 Å². The van der Waals surface area contributed by atoms with Gasteiger partial charge in [0.25, 0.3) is 0 Å². The molecule has 1 N–H and O–H groups in total. The topological polar surface area (TPSA) is 49.4 Å². The molecule has 2 aromatic rings. The molecule has 7 heteroatoms. The van der Waals surface area contributed by atoms with Gasteiger partial charge in [-0.1, -0.05) is 73.3 Å². The number of carbonyl (C=O) groups excluding carboxylic acids is 2. The number of carbonyl (C=O) groups is 2. The van der Waals surface area contributed by atoms with Crippen molar-refractivity contribution >= 4 is 46.6 Å². The van der Waals surface area contributed by atoms with Crippen molar-refractivity contribution in [2.24, 2.45) is 0 Å². The molecule has 162 valence electrons. The maximum absolute atomic E-state index is 13.3. The van der Waals surface area contributed by atoms with Gasteiger partial charge in [-0.05, 0) is 48.2 Å². The summed E-state index contributed by atoms with van der Waals surface area (Å²) in [7, 11) is 0. The highest BCUT2D eigenvalue weighted by atomic mass is 35.5. The van der Waals surface area contributed by atoms with Crippen LogP contribution in [0.5, 0.6) is 0 Å². The fourth-order valence-corrected chi connectivity index (χ4v) is 3.86. The molecular formula is C23H27Cl3N2O2. The Morgan fingerprint density at radius 2 is 1.77 bits per heavy atom. The summed E-state index contributed by atoms with van der Waals surface area (Å²) < 4.78 is 0. The maximum Gasteiger partial charge on any atom is 0.242 e. The van der Waals surface area contributed by atoms with E-state index in [1.54, 1.807) is 41.3 Å². The summed E-state index contributed by atoms with van der Waals surface area (Å²) in [6, 6.07) is 11.7. The second-order valence-electron chi connectivity index (χ2n) is 7.13. The summed E-state index contributed by atoms with van der Waals surface area (Å²) in [6.45, 7) is 4.76. The van der Waals surface area contributed by atoms with Crippen LogP contribution in [0.4, 0.5) is 0 Å². The molecule has 0 radical (unpaired) electrons. The Morgan fingerprint density at radius 3 is 2.40 bits per heavy atom. The molecule has 1 atom stereocenters. The number of amides is 2. The first-order chi connectivity index (χ1) is 14.3. The van der Waals surface area contributed by atoms with Crippen molar-refractivity contribution in [2.75, 3.05) is 6.54 Å². The van der Waals surface area contributed by atoms with Gasteiger partial charge in [-0.25, -0.2) is 0 Å². The number of rotatable bonds is 10. The molecule has 2 rings (SSSR count). The fourth-order valence-electron chi connectivity index (χ4n) is 3.18. The van der Waals surface area contributed by atoms with E-state index in [4.69, 9.17) is 34.8 Å². The van der Waals surface area contributed by atoms with E-state index < -0.39 is 6.04 Å². The minimum absolute atomic E-state index is 0.143. The van der Waals surface area contributed by atoms with Gasteiger partial charge >= 0.3 is 0 Å². The SMILES string of the molecule is CCCCNC(=O)C(CC)N(Cc1ccc(Cl)cc1Cl)C(=O)Cc1cccc(Cl)c1. The van der Waals surface area contributed by atoms with Crippen molar-refractivity contribution in [1.29, 1.82) is 0 Å². The maximum atomic E-state index is 13.3. The van der Waals surface area contributed by atoms with Crippen molar-refractivity contribution in [2.45, 2.75) is 52.1 Å². The molecular weight excluding hydrogens is 443 g/mol. The van der Waals surface area contributed by atoms with Crippen molar-refractivity contribution in [3.8, 4) is 0 Å². The van der Waals surface area contributed by atoms with E-state index in [0.29, 0.717) is 28.0 Å². The molecule has 0 fully saturated rings. The Bertz CT molecular complexity index is 873. The Morgan fingerprint density at radius 1 is 1.03 bits per heavy atom. The summed E-state index contributed by atoms with van der Waals surface area (Å²) in [5.74, 6) is -0.323. The van der Waals surface area contributed by atoms with Crippen molar-refractivity contribution in [3.63, 3.8) is 0 Å². The van der Waals surface area contributed by atoms with E-state index >= 15 is 0 Å². The lowest BCUT2D eigenvalue weighted by molar-refractivity contribution is -0.140. The fraction of sp³-hybridized carbons (Fsp3) is 0.391. The molecule has 1 unspecified atom stereocenters. The Hall–Kier alpha value is -1.75. The van der Waals surface area contributed by atoms with Crippen LogP contribution in [0.15, 0.2) is 42.5 Å². The molecule has 0 spiro atoms. The summed E-state index contributed by atoms with van der Waals surface area (Å²) in [5.41, 5.74) is 1.53. The molecule has 30 heavy (non-hydrogen) atoms. The number of nitrogens with zero attached hydrogens (tertiary/aromatic N) is 1. The average molecular weight is 470 g/mol. The number of halogens is 3. The van der Waals surface area contributed by atoms with Gasteiger partial charge in [-0.2, -0.15) is 0 Å². The average Bonchev–Trinajstić information content (AvgIpc) is 2.69. The van der Waals surface area contributed by atoms with Gasteiger partial charge in [-0.15, -0.1) is 0 Å². The van der Waals surface area contributed by atoms with E-state index in [1.165, 1.54) is 0 Å². The number of unbranched alkanes of at least 4 members (excludes halogenated alkanes) is 1. The third-order valence-electron chi connectivity index (χ3n) is 4.82. The van der Waals surface area contributed by atoms with Crippen molar-refractivity contribution < 1.29 is 9.59 Å². The molecule has 0 aliphatic heterocycles. The number of hydrogen-bond donors (Lipinski definition) is 1. The van der Waals surface area contributed by atoms with Crippen LogP contribution in [0, 0.1) is 0 Å². The predicted molar refractivity (Wildman–Crippen MR) is 124 cm³/mol. The third kappa shape index (κ3) is 7.19. The van der Waals surface area contributed by atoms with Crippen LogP contribution in [0.2, 0.25) is 15.1 Å². The van der Waals surface area contributed by atoms with Crippen LogP contribution in [-0.2, 0) is 22.6 Å². The molecule has 0 aliphatic carbocycles. The van der Waals surface area contributed by atoms with Crippen molar-refractivity contribution in [3.05, 3.63) is 68.7 Å². The molecule has 0 aliphatic rings. The highest BCUT2D eigenvalue weighted by molar-refractivity contribution is 6.35. The lowest BCUT2D eigenvalue weighted by atomic mass is 10.1. The van der Waals surface area contributed by atoms with E-state index in [-0.39, 0.29) is 24.8 Å². The van der Waals surface area contributed by atoms with Gasteiger partial charge in [0.1, 0.15) is 6.04 Å². The predicted octanol–water partition coefficient (Wildman–Crippen LogP) is 5.91. The quantitative estimate of drug-likeness (QED) is 0.440. The van der Waals surface area contributed by atoms with Crippen LogP contribution >= 0.6 is 34.8 Å². The van der Waals surface area contributed by atoms with Crippen LogP contribution in [0.3, 0.4) is 0 Å². The van der Waals surface area contributed by atoms with Gasteiger partial charge < -0.3 is 10.2 Å². The summed E-state index contributed by atoms with van der Waals surface area (Å²) in [6.07, 6.45) is 2.51. The first-order valence-electron chi connectivity index (χ1n) is 10.1. The molecule has 2 aromatic carbocycles. The molecule has 2 amide bonds. The second-order valence-corrected chi connectivity index (χ2v) is 8.41. The zero-order valence-electron chi connectivity index (χ0n) is 17.3. The zero-order valence-corrected chi connectivity index (χ0v) is 19.5. The largest absolute Gasteiger partial charge is 0.354 e. The first kappa shape index (κ1) is 24.5. The lowest BCUT2D eigenvalue weighted by Crippen LogP contribution is -2.49. The molecule has 0 saturated heterocycles. The van der Waals surface area contributed by atoms with Crippen LogP contribution < -0.4 is 5.32 Å². The minimum Gasteiger partial charge on any atom is -0.354 e. The molecule has 0 bridgehead atoms. The highest BCUT2D eigenvalue weighted by Crippen LogP contribution is 2.24. The van der Waals surface area contributed by atoms with E-state index in [0.717, 1.165) is 24.0 Å². The standard InChI is InChI=1S/C23H27Cl3N2O2/c1-3-5-11-27-23(30)21(4-2)28(15-17-9-10-19(25)14-20(17)26)22(29)13-16-7-6-8-18(24)12-16/h6-10,12,14,21H,3-5,11,13,15H2,1-2H3,(H,27,30). The summed E-state index contributed by atoms with van der Waals surface area (Å²) in [5, 5.41) is 4.49.